The highest BCUT2D eigenvalue weighted by Crippen LogP contribution is 2.35. The number of aryl methyl sites for hydroxylation is 1. The molecule has 10 heteroatoms. The molecule has 192 valence electrons. The lowest BCUT2D eigenvalue weighted by atomic mass is 10.2. The van der Waals surface area contributed by atoms with Gasteiger partial charge in [-0.2, -0.15) is 11.8 Å². The zero-order chi connectivity index (χ0) is 26.1. The molecule has 0 aliphatic rings. The number of sulfonamides is 1. The third-order valence-corrected chi connectivity index (χ3v) is 8.32. The van der Waals surface area contributed by atoms with Crippen LogP contribution in [-0.4, -0.2) is 47.4 Å². The Balaban J connectivity index is 1.75. The Hall–Kier alpha value is -2.88. The lowest BCUT2D eigenvalue weighted by Crippen LogP contribution is -2.41. The van der Waals surface area contributed by atoms with Gasteiger partial charge in [0, 0.05) is 29.1 Å². The number of rotatable bonds is 12. The Morgan fingerprint density at radius 3 is 2.44 bits per heavy atom. The van der Waals surface area contributed by atoms with Gasteiger partial charge >= 0.3 is 0 Å². The van der Waals surface area contributed by atoms with E-state index in [1.165, 1.54) is 26.4 Å². The minimum atomic E-state index is -4.08. The van der Waals surface area contributed by atoms with Crippen LogP contribution in [-0.2, 0) is 20.6 Å². The number of ether oxygens (including phenoxy) is 2. The van der Waals surface area contributed by atoms with E-state index < -0.39 is 22.5 Å². The van der Waals surface area contributed by atoms with Gasteiger partial charge in [0.1, 0.15) is 18.0 Å². The molecule has 7 nitrogen and oxygen atoms in total. The molecule has 1 amide bonds. The molecule has 36 heavy (non-hydrogen) atoms. The summed E-state index contributed by atoms with van der Waals surface area (Å²) in [6.45, 7) is 1.84. The van der Waals surface area contributed by atoms with Gasteiger partial charge < -0.3 is 14.8 Å². The van der Waals surface area contributed by atoms with Crippen LogP contribution in [0.25, 0.3) is 0 Å². The van der Waals surface area contributed by atoms with Gasteiger partial charge in [-0.3, -0.25) is 9.10 Å². The summed E-state index contributed by atoms with van der Waals surface area (Å²) in [7, 11) is -1.15. The molecule has 0 bridgehead atoms. The fraction of sp³-hybridized carbons (Fsp3) is 0.269. The molecule has 0 spiro atoms. The van der Waals surface area contributed by atoms with Gasteiger partial charge in [-0.1, -0.05) is 41.4 Å². The zero-order valence-electron chi connectivity index (χ0n) is 20.4. The second-order valence-electron chi connectivity index (χ2n) is 7.89. The summed E-state index contributed by atoms with van der Waals surface area (Å²) in [5.74, 6) is 1.72. The van der Waals surface area contributed by atoms with E-state index in [9.17, 15) is 13.2 Å². The molecule has 1 N–H and O–H groups in total. The SMILES string of the molecule is COc1ccc(OC)c(N(CC(=O)NCCSCc2cccc(Cl)c2)S(=O)(=O)c2ccc(C)cc2)c1. The van der Waals surface area contributed by atoms with E-state index in [4.69, 9.17) is 21.1 Å². The van der Waals surface area contributed by atoms with Crippen LogP contribution in [0.1, 0.15) is 11.1 Å². The molecule has 0 radical (unpaired) electrons. The number of nitrogens with one attached hydrogen (secondary N) is 1. The van der Waals surface area contributed by atoms with Crippen molar-refractivity contribution >= 4 is 45.0 Å². The highest BCUT2D eigenvalue weighted by atomic mass is 35.5. The molecule has 3 aromatic rings. The minimum Gasteiger partial charge on any atom is -0.497 e. The molecule has 0 saturated carbocycles. The standard InChI is InChI=1S/C26H29ClN2O5S2/c1-19-7-10-23(11-8-19)36(31,32)29(24-16-22(33-2)9-12-25(24)34-3)17-26(30)28-13-14-35-18-20-5-4-6-21(27)15-20/h4-12,15-16H,13-14,17-18H2,1-3H3,(H,28,30). The average Bonchev–Trinajstić information content (AvgIpc) is 2.87. The van der Waals surface area contributed by atoms with Crippen molar-refractivity contribution in [3.05, 3.63) is 82.9 Å². The number of hydrogen-bond acceptors (Lipinski definition) is 6. The van der Waals surface area contributed by atoms with Crippen LogP contribution in [0, 0.1) is 6.92 Å². The summed E-state index contributed by atoms with van der Waals surface area (Å²) < 4.78 is 39.0. The summed E-state index contributed by atoms with van der Waals surface area (Å²) in [6.07, 6.45) is 0. The summed E-state index contributed by atoms with van der Waals surface area (Å²) in [4.78, 5) is 12.9. The Bertz CT molecular complexity index is 1280. The van der Waals surface area contributed by atoms with Crippen molar-refractivity contribution in [2.75, 3.05) is 37.4 Å². The number of methoxy groups -OCH3 is 2. The normalized spacial score (nSPS) is 11.1. The van der Waals surface area contributed by atoms with Crippen molar-refractivity contribution in [3.8, 4) is 11.5 Å². The smallest absolute Gasteiger partial charge is 0.264 e. The van der Waals surface area contributed by atoms with Crippen LogP contribution in [0.3, 0.4) is 0 Å². The van der Waals surface area contributed by atoms with Gasteiger partial charge in [-0.15, -0.1) is 0 Å². The number of amides is 1. The van der Waals surface area contributed by atoms with Gasteiger partial charge in [0.15, 0.2) is 0 Å². The molecule has 0 saturated heterocycles. The van der Waals surface area contributed by atoms with Gasteiger partial charge in [0.2, 0.25) is 5.91 Å². The van der Waals surface area contributed by atoms with Crippen molar-refractivity contribution in [2.24, 2.45) is 0 Å². The van der Waals surface area contributed by atoms with Crippen LogP contribution in [0.15, 0.2) is 71.6 Å². The molecule has 0 aliphatic heterocycles. The van der Waals surface area contributed by atoms with E-state index >= 15 is 0 Å². The van der Waals surface area contributed by atoms with Crippen molar-refractivity contribution in [2.45, 2.75) is 17.6 Å². The summed E-state index contributed by atoms with van der Waals surface area (Å²) in [5.41, 5.74) is 2.23. The molecular weight excluding hydrogens is 520 g/mol. The first-order valence-corrected chi connectivity index (χ1v) is 14.1. The molecule has 0 aliphatic carbocycles. The first-order valence-electron chi connectivity index (χ1n) is 11.1. The number of benzene rings is 3. The molecule has 0 aromatic heterocycles. The van der Waals surface area contributed by atoms with Gasteiger partial charge in [0.25, 0.3) is 10.0 Å². The predicted molar refractivity (Wildman–Crippen MR) is 146 cm³/mol. The number of hydrogen-bond donors (Lipinski definition) is 1. The summed E-state index contributed by atoms with van der Waals surface area (Å²) in [6, 6.07) is 18.9. The third kappa shape index (κ3) is 7.32. The monoisotopic (exact) mass is 548 g/mol. The minimum absolute atomic E-state index is 0.0721. The molecule has 0 unspecified atom stereocenters. The molecule has 0 heterocycles. The first kappa shape index (κ1) is 27.7. The molecule has 0 fully saturated rings. The molecular formula is C26H29ClN2O5S2. The third-order valence-electron chi connectivity index (χ3n) is 5.28. The first-order chi connectivity index (χ1) is 17.2. The van der Waals surface area contributed by atoms with Crippen LogP contribution in [0.2, 0.25) is 5.02 Å². The van der Waals surface area contributed by atoms with Crippen LogP contribution >= 0.6 is 23.4 Å². The topological polar surface area (TPSA) is 84.9 Å². The zero-order valence-corrected chi connectivity index (χ0v) is 22.8. The highest BCUT2D eigenvalue weighted by Gasteiger charge is 2.30. The summed E-state index contributed by atoms with van der Waals surface area (Å²) >= 11 is 7.66. The lowest BCUT2D eigenvalue weighted by Gasteiger charge is -2.26. The Labute approximate surface area is 221 Å². The fourth-order valence-electron chi connectivity index (χ4n) is 3.39. The fourth-order valence-corrected chi connectivity index (χ4v) is 5.84. The van der Waals surface area contributed by atoms with E-state index in [0.29, 0.717) is 28.8 Å². The number of carbonyl (C=O) groups excluding carboxylic acids is 1. The Kier molecular flexibility index (Phi) is 9.92. The number of anilines is 1. The number of nitrogens with zero attached hydrogens (tertiary/aromatic N) is 1. The van der Waals surface area contributed by atoms with Crippen LogP contribution in [0.4, 0.5) is 5.69 Å². The van der Waals surface area contributed by atoms with Crippen LogP contribution < -0.4 is 19.1 Å². The van der Waals surface area contributed by atoms with Gasteiger partial charge in [-0.05, 0) is 48.9 Å². The van der Waals surface area contributed by atoms with E-state index in [1.54, 1.807) is 42.1 Å². The van der Waals surface area contributed by atoms with Crippen molar-refractivity contribution in [3.63, 3.8) is 0 Å². The maximum atomic E-state index is 13.6. The number of halogens is 1. The number of carbonyl (C=O) groups is 1. The second-order valence-corrected chi connectivity index (χ2v) is 11.3. The van der Waals surface area contributed by atoms with Crippen molar-refractivity contribution in [1.29, 1.82) is 0 Å². The number of thioether (sulfide) groups is 1. The van der Waals surface area contributed by atoms with Crippen molar-refractivity contribution in [1.82, 2.24) is 5.32 Å². The van der Waals surface area contributed by atoms with Gasteiger partial charge in [0.05, 0.1) is 24.8 Å². The summed E-state index contributed by atoms with van der Waals surface area (Å²) in [5, 5.41) is 3.50. The van der Waals surface area contributed by atoms with E-state index in [-0.39, 0.29) is 10.6 Å². The van der Waals surface area contributed by atoms with Crippen LogP contribution in [0.5, 0.6) is 11.5 Å². The largest absolute Gasteiger partial charge is 0.497 e. The molecule has 0 atom stereocenters. The van der Waals surface area contributed by atoms with E-state index in [0.717, 1.165) is 21.2 Å². The maximum absolute atomic E-state index is 13.6. The van der Waals surface area contributed by atoms with E-state index in [2.05, 4.69) is 5.32 Å². The maximum Gasteiger partial charge on any atom is 0.264 e. The predicted octanol–water partition coefficient (Wildman–Crippen LogP) is 4.91. The second kappa shape index (κ2) is 12.9. The van der Waals surface area contributed by atoms with Gasteiger partial charge in [-0.25, -0.2) is 8.42 Å². The van der Waals surface area contributed by atoms with E-state index in [1.807, 2.05) is 31.2 Å². The lowest BCUT2D eigenvalue weighted by molar-refractivity contribution is -0.119. The Morgan fingerprint density at radius 2 is 1.78 bits per heavy atom. The van der Waals surface area contributed by atoms with Crippen molar-refractivity contribution < 1.29 is 22.7 Å². The molecule has 3 rings (SSSR count). The highest BCUT2D eigenvalue weighted by molar-refractivity contribution is 7.98. The average molecular weight is 549 g/mol. The quantitative estimate of drug-likeness (QED) is 0.324. The Morgan fingerprint density at radius 1 is 1.03 bits per heavy atom. The molecule has 3 aromatic carbocycles.